The molecule has 0 bridgehead atoms. The van der Waals surface area contributed by atoms with E-state index in [4.69, 9.17) is 5.73 Å². The fourth-order valence-corrected chi connectivity index (χ4v) is 1.35. The van der Waals surface area contributed by atoms with Gasteiger partial charge in [-0.2, -0.15) is 0 Å². The molecule has 0 aliphatic heterocycles. The predicted octanol–water partition coefficient (Wildman–Crippen LogP) is 0.923. The molecule has 0 radical (unpaired) electrons. The summed E-state index contributed by atoms with van der Waals surface area (Å²) in [7, 11) is 0. The van der Waals surface area contributed by atoms with Crippen LogP contribution in [-0.4, -0.2) is 10.6 Å². The van der Waals surface area contributed by atoms with Gasteiger partial charge in [-0.1, -0.05) is 13.3 Å². The number of nitrogens with two attached hydrogens (primary N) is 1. The highest BCUT2D eigenvalue weighted by Gasteiger charge is 2.04. The molecule has 74 valence electrons. The molecule has 0 fully saturated rings. The predicted molar refractivity (Wildman–Crippen MR) is 53.2 cm³/mol. The SMILES string of the molecule is CCCCn1cc[n+](C[C@H](C)N)c1. The molecule has 1 atom stereocenters. The fraction of sp³-hybridized carbons (Fsp3) is 0.700. The van der Waals surface area contributed by atoms with Gasteiger partial charge in [0, 0.05) is 6.04 Å². The topological polar surface area (TPSA) is 34.8 Å². The van der Waals surface area contributed by atoms with Gasteiger partial charge in [-0.25, -0.2) is 9.13 Å². The zero-order chi connectivity index (χ0) is 9.68. The van der Waals surface area contributed by atoms with Gasteiger partial charge in [0.1, 0.15) is 18.9 Å². The lowest BCUT2D eigenvalue weighted by atomic mass is 10.3. The number of imidazole rings is 1. The van der Waals surface area contributed by atoms with Crippen molar-refractivity contribution in [3.8, 4) is 0 Å². The smallest absolute Gasteiger partial charge is 0.243 e. The minimum Gasteiger partial charge on any atom is -0.325 e. The van der Waals surface area contributed by atoms with Gasteiger partial charge in [-0.05, 0) is 13.3 Å². The van der Waals surface area contributed by atoms with Crippen molar-refractivity contribution >= 4 is 0 Å². The van der Waals surface area contributed by atoms with Crippen molar-refractivity contribution in [3.05, 3.63) is 18.7 Å². The van der Waals surface area contributed by atoms with Crippen LogP contribution in [0.2, 0.25) is 0 Å². The van der Waals surface area contributed by atoms with Crippen LogP contribution in [-0.2, 0) is 13.1 Å². The summed E-state index contributed by atoms with van der Waals surface area (Å²) < 4.78 is 4.35. The van der Waals surface area contributed by atoms with Gasteiger partial charge in [0.05, 0.1) is 6.54 Å². The molecule has 1 rings (SSSR count). The van der Waals surface area contributed by atoms with Crippen molar-refractivity contribution in [2.24, 2.45) is 5.73 Å². The van der Waals surface area contributed by atoms with E-state index in [-0.39, 0.29) is 6.04 Å². The average molecular weight is 182 g/mol. The normalized spacial score (nSPS) is 13.2. The summed E-state index contributed by atoms with van der Waals surface area (Å²) in [4.78, 5) is 0. The van der Waals surface area contributed by atoms with E-state index in [2.05, 4.69) is 34.8 Å². The number of hydrogen-bond donors (Lipinski definition) is 1. The molecule has 0 aliphatic carbocycles. The Morgan fingerprint density at radius 1 is 1.54 bits per heavy atom. The number of aromatic nitrogens is 2. The molecule has 0 amide bonds. The Morgan fingerprint density at radius 3 is 2.92 bits per heavy atom. The Morgan fingerprint density at radius 2 is 2.31 bits per heavy atom. The van der Waals surface area contributed by atoms with Gasteiger partial charge in [-0.3, -0.25) is 0 Å². The summed E-state index contributed by atoms with van der Waals surface area (Å²) in [6, 6.07) is 0.229. The summed E-state index contributed by atoms with van der Waals surface area (Å²) in [5, 5.41) is 0. The van der Waals surface area contributed by atoms with Gasteiger partial charge in [0.15, 0.2) is 0 Å². The first kappa shape index (κ1) is 10.3. The highest BCUT2D eigenvalue weighted by molar-refractivity contribution is 4.66. The maximum atomic E-state index is 5.70. The molecule has 1 heterocycles. The molecule has 0 aliphatic rings. The Labute approximate surface area is 80.2 Å². The molecule has 0 spiro atoms. The number of aryl methyl sites for hydroxylation is 1. The van der Waals surface area contributed by atoms with E-state index in [1.165, 1.54) is 12.8 Å². The van der Waals surface area contributed by atoms with Crippen LogP contribution >= 0.6 is 0 Å². The maximum Gasteiger partial charge on any atom is 0.243 e. The van der Waals surface area contributed by atoms with Crippen LogP contribution in [0.15, 0.2) is 18.7 Å². The lowest BCUT2D eigenvalue weighted by Crippen LogP contribution is -2.40. The maximum absolute atomic E-state index is 5.70. The number of hydrogen-bond acceptors (Lipinski definition) is 1. The molecule has 0 unspecified atom stereocenters. The molecular weight excluding hydrogens is 162 g/mol. The van der Waals surface area contributed by atoms with Crippen molar-refractivity contribution < 1.29 is 4.57 Å². The van der Waals surface area contributed by atoms with Crippen LogP contribution in [0.3, 0.4) is 0 Å². The van der Waals surface area contributed by atoms with Gasteiger partial charge in [0.2, 0.25) is 6.33 Å². The van der Waals surface area contributed by atoms with E-state index in [1.54, 1.807) is 0 Å². The molecule has 0 saturated carbocycles. The first-order valence-corrected chi connectivity index (χ1v) is 5.02. The highest BCUT2D eigenvalue weighted by atomic mass is 15.1. The van der Waals surface area contributed by atoms with Crippen LogP contribution in [0.25, 0.3) is 0 Å². The Bertz CT molecular complexity index is 240. The summed E-state index contributed by atoms with van der Waals surface area (Å²) >= 11 is 0. The van der Waals surface area contributed by atoms with Gasteiger partial charge in [0.25, 0.3) is 0 Å². The zero-order valence-electron chi connectivity index (χ0n) is 8.61. The van der Waals surface area contributed by atoms with Crippen LogP contribution in [0.1, 0.15) is 26.7 Å². The van der Waals surface area contributed by atoms with E-state index in [1.807, 2.05) is 6.92 Å². The molecule has 2 N–H and O–H groups in total. The summed E-state index contributed by atoms with van der Waals surface area (Å²) in [5.74, 6) is 0. The number of nitrogens with zero attached hydrogens (tertiary/aromatic N) is 2. The largest absolute Gasteiger partial charge is 0.325 e. The quantitative estimate of drug-likeness (QED) is 0.675. The summed E-state index contributed by atoms with van der Waals surface area (Å²) in [6.07, 6.45) is 8.80. The van der Waals surface area contributed by atoms with Gasteiger partial charge >= 0.3 is 0 Å². The van der Waals surface area contributed by atoms with E-state index >= 15 is 0 Å². The van der Waals surface area contributed by atoms with Crippen molar-refractivity contribution in [3.63, 3.8) is 0 Å². The molecular formula is C10H20N3+. The van der Waals surface area contributed by atoms with E-state index in [0.29, 0.717) is 0 Å². The third kappa shape index (κ3) is 3.59. The van der Waals surface area contributed by atoms with Crippen molar-refractivity contribution in [2.75, 3.05) is 0 Å². The Balaban J connectivity index is 2.44. The minimum absolute atomic E-state index is 0.229. The van der Waals surface area contributed by atoms with Crippen LogP contribution in [0.5, 0.6) is 0 Å². The zero-order valence-corrected chi connectivity index (χ0v) is 8.61. The second-order valence-corrected chi connectivity index (χ2v) is 3.68. The molecule has 0 aromatic carbocycles. The molecule has 0 saturated heterocycles. The summed E-state index contributed by atoms with van der Waals surface area (Å²) in [6.45, 7) is 6.25. The second-order valence-electron chi connectivity index (χ2n) is 3.68. The van der Waals surface area contributed by atoms with Gasteiger partial charge < -0.3 is 5.73 Å². The monoisotopic (exact) mass is 182 g/mol. The standard InChI is InChI=1S/C10H20N3/c1-3-4-5-12-6-7-13(9-12)8-10(2)11/h6-7,9-10H,3-5,8,11H2,1-2H3/q+1/t10-/m0/s1. The molecule has 1 aromatic rings. The minimum atomic E-state index is 0.229. The lowest BCUT2D eigenvalue weighted by Gasteiger charge is -1.99. The highest BCUT2D eigenvalue weighted by Crippen LogP contribution is 1.92. The van der Waals surface area contributed by atoms with Crippen molar-refractivity contribution in [2.45, 2.75) is 45.8 Å². The van der Waals surface area contributed by atoms with E-state index in [9.17, 15) is 0 Å². The lowest BCUT2D eigenvalue weighted by molar-refractivity contribution is -0.697. The van der Waals surface area contributed by atoms with Crippen LogP contribution in [0, 0.1) is 0 Å². The third-order valence-corrected chi connectivity index (χ3v) is 2.01. The van der Waals surface area contributed by atoms with Crippen LogP contribution in [0.4, 0.5) is 0 Å². The van der Waals surface area contributed by atoms with E-state index in [0.717, 1.165) is 13.1 Å². The average Bonchev–Trinajstić information content (AvgIpc) is 2.48. The van der Waals surface area contributed by atoms with E-state index < -0.39 is 0 Å². The first-order valence-electron chi connectivity index (χ1n) is 5.02. The van der Waals surface area contributed by atoms with Crippen molar-refractivity contribution in [1.82, 2.24) is 4.57 Å². The number of rotatable bonds is 5. The molecule has 3 nitrogen and oxygen atoms in total. The second kappa shape index (κ2) is 5.02. The van der Waals surface area contributed by atoms with Crippen LogP contribution < -0.4 is 10.3 Å². The molecule has 13 heavy (non-hydrogen) atoms. The number of unbranched alkanes of at least 4 members (excludes halogenated alkanes) is 1. The first-order chi connectivity index (χ1) is 6.22. The van der Waals surface area contributed by atoms with Crippen molar-refractivity contribution in [1.29, 1.82) is 0 Å². The third-order valence-electron chi connectivity index (χ3n) is 2.01. The fourth-order valence-electron chi connectivity index (χ4n) is 1.35. The Hall–Kier alpha value is -0.830. The summed E-state index contributed by atoms with van der Waals surface area (Å²) in [5.41, 5.74) is 5.70. The molecule has 3 heteroatoms. The Kier molecular flexibility index (Phi) is 3.96. The molecule has 1 aromatic heterocycles. The van der Waals surface area contributed by atoms with Gasteiger partial charge in [-0.15, -0.1) is 0 Å².